The maximum Gasteiger partial charge on any atom is 0.337 e. The van der Waals surface area contributed by atoms with E-state index >= 15 is 0 Å². The molecular formula is C13H14ClN3O2S. The number of carboxylic acid groups (broad SMARTS) is 1. The fourth-order valence-electron chi connectivity index (χ4n) is 1.42. The molecule has 0 saturated heterocycles. The van der Waals surface area contributed by atoms with Crippen LogP contribution in [-0.4, -0.2) is 21.0 Å². The number of hydrogen-bond donors (Lipinski definition) is 2. The predicted octanol–water partition coefficient (Wildman–Crippen LogP) is 3.93. The summed E-state index contributed by atoms with van der Waals surface area (Å²) in [5.74, 6) is -0.665. The molecular weight excluding hydrogens is 298 g/mol. The van der Waals surface area contributed by atoms with Gasteiger partial charge in [-0.1, -0.05) is 32.4 Å². The van der Waals surface area contributed by atoms with E-state index in [1.807, 2.05) is 5.38 Å². The number of aromatic carboxylic acids is 1. The summed E-state index contributed by atoms with van der Waals surface area (Å²) in [7, 11) is 0. The number of nitrogens with one attached hydrogen (secondary N) is 1. The molecule has 0 fully saturated rings. The van der Waals surface area contributed by atoms with Gasteiger partial charge >= 0.3 is 5.97 Å². The second-order valence-electron chi connectivity index (χ2n) is 5.27. The van der Waals surface area contributed by atoms with Crippen LogP contribution in [0.1, 0.15) is 36.8 Å². The van der Waals surface area contributed by atoms with Gasteiger partial charge in [-0.25, -0.2) is 14.8 Å². The Bertz CT molecular complexity index is 649. The van der Waals surface area contributed by atoms with E-state index in [-0.39, 0.29) is 16.0 Å². The van der Waals surface area contributed by atoms with Crippen LogP contribution in [0.2, 0.25) is 5.02 Å². The first-order chi connectivity index (χ1) is 9.27. The summed E-state index contributed by atoms with van der Waals surface area (Å²) in [5.41, 5.74) is 0.999. The van der Waals surface area contributed by atoms with Gasteiger partial charge in [0.2, 0.25) is 0 Å². The molecule has 0 spiro atoms. The lowest BCUT2D eigenvalue weighted by atomic mass is 9.93. The van der Waals surface area contributed by atoms with Crippen LogP contribution >= 0.6 is 22.9 Å². The van der Waals surface area contributed by atoms with Crippen molar-refractivity contribution in [2.24, 2.45) is 0 Å². The normalized spacial score (nSPS) is 11.4. The molecule has 0 aromatic carbocycles. The number of halogens is 1. The highest BCUT2D eigenvalue weighted by Gasteiger charge is 2.18. The van der Waals surface area contributed by atoms with Crippen molar-refractivity contribution < 1.29 is 9.90 Å². The minimum absolute atomic E-state index is 0.0270. The summed E-state index contributed by atoms with van der Waals surface area (Å²) in [5, 5.41) is 14.8. The van der Waals surface area contributed by atoms with Gasteiger partial charge in [-0.3, -0.25) is 0 Å². The second kappa shape index (κ2) is 5.38. The van der Waals surface area contributed by atoms with E-state index in [0.717, 1.165) is 5.69 Å². The molecule has 106 valence electrons. The molecule has 2 rings (SSSR count). The molecule has 0 unspecified atom stereocenters. The molecule has 2 N–H and O–H groups in total. The van der Waals surface area contributed by atoms with Gasteiger partial charge in [0.1, 0.15) is 0 Å². The Morgan fingerprint density at radius 3 is 2.65 bits per heavy atom. The zero-order chi connectivity index (χ0) is 14.9. The standard InChI is InChI=1S/C13H14ClN3O2S/c1-13(2,3)9-6-20-12(16-9)17-10-8(14)4-7(5-15-10)11(18)19/h4-6H,1-3H3,(H,18,19)(H,15,16,17). The summed E-state index contributed by atoms with van der Waals surface area (Å²) < 4.78 is 0. The highest BCUT2D eigenvalue weighted by atomic mass is 35.5. The predicted molar refractivity (Wildman–Crippen MR) is 80.3 cm³/mol. The van der Waals surface area contributed by atoms with Crippen LogP contribution < -0.4 is 5.32 Å². The van der Waals surface area contributed by atoms with Crippen LogP contribution in [-0.2, 0) is 5.41 Å². The maximum atomic E-state index is 10.8. The number of anilines is 2. The third kappa shape index (κ3) is 3.26. The van der Waals surface area contributed by atoms with Crippen LogP contribution in [0.15, 0.2) is 17.6 Å². The van der Waals surface area contributed by atoms with Crippen molar-refractivity contribution in [3.8, 4) is 0 Å². The van der Waals surface area contributed by atoms with Gasteiger partial charge in [-0.05, 0) is 6.07 Å². The van der Waals surface area contributed by atoms with Gasteiger partial charge < -0.3 is 10.4 Å². The van der Waals surface area contributed by atoms with E-state index in [0.29, 0.717) is 10.9 Å². The van der Waals surface area contributed by atoms with Crippen LogP contribution in [0.5, 0.6) is 0 Å². The molecule has 20 heavy (non-hydrogen) atoms. The minimum atomic E-state index is -1.06. The number of pyridine rings is 1. The molecule has 2 aromatic rings. The van der Waals surface area contributed by atoms with Crippen molar-refractivity contribution >= 4 is 39.9 Å². The molecule has 0 aliphatic rings. The molecule has 2 heterocycles. The van der Waals surface area contributed by atoms with E-state index in [1.165, 1.54) is 23.6 Å². The first-order valence-electron chi connectivity index (χ1n) is 5.89. The quantitative estimate of drug-likeness (QED) is 0.898. The Labute approximate surface area is 125 Å². The van der Waals surface area contributed by atoms with Gasteiger partial charge in [-0.2, -0.15) is 0 Å². The third-order valence-electron chi connectivity index (χ3n) is 2.59. The molecule has 0 atom stereocenters. The second-order valence-corrected chi connectivity index (χ2v) is 6.54. The van der Waals surface area contributed by atoms with Gasteiger partial charge in [0, 0.05) is 17.0 Å². The van der Waals surface area contributed by atoms with Crippen LogP contribution in [0, 0.1) is 0 Å². The highest BCUT2D eigenvalue weighted by molar-refractivity contribution is 7.13. The Balaban J connectivity index is 2.22. The first kappa shape index (κ1) is 14.7. The van der Waals surface area contributed by atoms with Crippen molar-refractivity contribution in [3.63, 3.8) is 0 Å². The van der Waals surface area contributed by atoms with E-state index in [2.05, 4.69) is 36.1 Å². The Hall–Kier alpha value is -1.66. The fraction of sp³-hybridized carbons (Fsp3) is 0.308. The van der Waals surface area contributed by atoms with Crippen molar-refractivity contribution in [2.75, 3.05) is 5.32 Å². The largest absolute Gasteiger partial charge is 0.478 e. The number of aromatic nitrogens is 2. The summed E-state index contributed by atoms with van der Waals surface area (Å²) in [6.45, 7) is 6.25. The van der Waals surface area contributed by atoms with E-state index in [9.17, 15) is 4.79 Å². The van der Waals surface area contributed by atoms with Gasteiger partial charge in [0.25, 0.3) is 0 Å². The molecule has 0 aliphatic heterocycles. The third-order valence-corrected chi connectivity index (χ3v) is 3.63. The topological polar surface area (TPSA) is 75.1 Å². The van der Waals surface area contributed by atoms with Crippen molar-refractivity contribution in [1.29, 1.82) is 0 Å². The minimum Gasteiger partial charge on any atom is -0.478 e. The van der Waals surface area contributed by atoms with Gasteiger partial charge in [-0.15, -0.1) is 11.3 Å². The zero-order valence-electron chi connectivity index (χ0n) is 11.3. The number of hydrogen-bond acceptors (Lipinski definition) is 5. The van der Waals surface area contributed by atoms with Gasteiger partial charge in [0.05, 0.1) is 16.3 Å². The number of rotatable bonds is 3. The summed E-state index contributed by atoms with van der Waals surface area (Å²) >= 11 is 7.46. The van der Waals surface area contributed by atoms with Crippen LogP contribution in [0.25, 0.3) is 0 Å². The number of thiazole rings is 1. The lowest BCUT2D eigenvalue weighted by Crippen LogP contribution is -2.11. The van der Waals surface area contributed by atoms with Gasteiger partial charge in [0.15, 0.2) is 10.9 Å². The van der Waals surface area contributed by atoms with Crippen molar-refractivity contribution in [2.45, 2.75) is 26.2 Å². The van der Waals surface area contributed by atoms with E-state index in [1.54, 1.807) is 0 Å². The average Bonchev–Trinajstić information content (AvgIpc) is 2.80. The lowest BCUT2D eigenvalue weighted by molar-refractivity contribution is 0.0696. The number of carboxylic acids is 1. The Morgan fingerprint density at radius 2 is 2.15 bits per heavy atom. The molecule has 0 amide bonds. The van der Waals surface area contributed by atoms with Crippen LogP contribution in [0.4, 0.5) is 10.9 Å². The van der Waals surface area contributed by atoms with Crippen molar-refractivity contribution in [1.82, 2.24) is 9.97 Å². The summed E-state index contributed by atoms with van der Waals surface area (Å²) in [6, 6.07) is 1.36. The maximum absolute atomic E-state index is 10.8. The summed E-state index contributed by atoms with van der Waals surface area (Å²) in [6.07, 6.45) is 1.26. The SMILES string of the molecule is CC(C)(C)c1csc(Nc2ncc(C(=O)O)cc2Cl)n1. The number of carbonyl (C=O) groups is 1. The molecule has 0 bridgehead atoms. The van der Waals surface area contributed by atoms with E-state index < -0.39 is 5.97 Å². The Morgan fingerprint density at radius 1 is 1.45 bits per heavy atom. The van der Waals surface area contributed by atoms with E-state index in [4.69, 9.17) is 16.7 Å². The zero-order valence-corrected chi connectivity index (χ0v) is 12.8. The number of nitrogens with zero attached hydrogens (tertiary/aromatic N) is 2. The fourth-order valence-corrected chi connectivity index (χ4v) is 2.57. The van der Waals surface area contributed by atoms with Crippen LogP contribution in [0.3, 0.4) is 0 Å². The monoisotopic (exact) mass is 311 g/mol. The molecule has 0 radical (unpaired) electrons. The lowest BCUT2D eigenvalue weighted by Gasteiger charge is -2.14. The Kier molecular flexibility index (Phi) is 3.96. The molecule has 7 heteroatoms. The smallest absolute Gasteiger partial charge is 0.337 e. The molecule has 5 nitrogen and oxygen atoms in total. The molecule has 0 saturated carbocycles. The summed E-state index contributed by atoms with van der Waals surface area (Å²) in [4.78, 5) is 19.3. The highest BCUT2D eigenvalue weighted by Crippen LogP contribution is 2.30. The van der Waals surface area contributed by atoms with Crippen molar-refractivity contribution in [3.05, 3.63) is 33.9 Å². The molecule has 0 aliphatic carbocycles. The average molecular weight is 312 g/mol. The first-order valence-corrected chi connectivity index (χ1v) is 7.15. The molecule has 2 aromatic heterocycles.